The van der Waals surface area contributed by atoms with Gasteiger partial charge < -0.3 is 25.4 Å². The van der Waals surface area contributed by atoms with Crippen molar-refractivity contribution in [3.63, 3.8) is 0 Å². The van der Waals surface area contributed by atoms with E-state index in [1.165, 1.54) is 0 Å². The van der Waals surface area contributed by atoms with E-state index in [0.29, 0.717) is 0 Å². The minimum absolute atomic E-state index is 0.175. The number of ether oxygens (including phenoxy) is 1. The van der Waals surface area contributed by atoms with Gasteiger partial charge in [0.25, 0.3) is 0 Å². The molecule has 0 saturated carbocycles. The molecule has 0 spiro atoms. The normalized spacial score (nSPS) is 21.2. The topological polar surface area (TPSA) is 74.8 Å². The number of nitrogens with zero attached hydrogens (tertiary/aromatic N) is 3. The van der Waals surface area contributed by atoms with Crippen LogP contribution in [0.2, 0.25) is 0 Å². The van der Waals surface area contributed by atoms with Crippen molar-refractivity contribution in [3.05, 3.63) is 12.1 Å². The number of hydrogen-bond donors (Lipinski definition) is 2. The highest BCUT2D eigenvalue weighted by Crippen LogP contribution is 2.25. The van der Waals surface area contributed by atoms with Crippen LogP contribution in [0, 0.1) is 0 Å². The van der Waals surface area contributed by atoms with Crippen molar-refractivity contribution in [1.82, 2.24) is 4.98 Å². The van der Waals surface area contributed by atoms with Crippen LogP contribution in [0.15, 0.2) is 12.1 Å². The SMILES string of the molecule is Nc1cc(N2CCOCC2)nc(N2CCC(O)CC2)c1. The summed E-state index contributed by atoms with van der Waals surface area (Å²) >= 11 is 0. The van der Waals surface area contributed by atoms with Gasteiger partial charge in [-0.3, -0.25) is 0 Å². The molecule has 0 amide bonds. The van der Waals surface area contributed by atoms with E-state index in [1.54, 1.807) is 0 Å². The van der Waals surface area contributed by atoms with Crippen LogP contribution in [0.5, 0.6) is 0 Å². The Morgan fingerprint density at radius 1 is 1.05 bits per heavy atom. The molecule has 110 valence electrons. The number of hydrogen-bond acceptors (Lipinski definition) is 6. The Kier molecular flexibility index (Phi) is 3.93. The molecule has 3 N–H and O–H groups in total. The van der Waals surface area contributed by atoms with Crippen molar-refractivity contribution in [3.8, 4) is 0 Å². The number of pyridine rings is 1. The van der Waals surface area contributed by atoms with Gasteiger partial charge in [-0.05, 0) is 12.8 Å². The molecular weight excluding hydrogens is 256 g/mol. The van der Waals surface area contributed by atoms with Gasteiger partial charge in [-0.2, -0.15) is 0 Å². The summed E-state index contributed by atoms with van der Waals surface area (Å²) in [6.45, 7) is 4.85. The van der Waals surface area contributed by atoms with Gasteiger partial charge in [0.05, 0.1) is 19.3 Å². The summed E-state index contributed by atoms with van der Waals surface area (Å²) in [5.41, 5.74) is 6.76. The monoisotopic (exact) mass is 278 g/mol. The molecule has 6 heteroatoms. The molecule has 2 aliphatic heterocycles. The van der Waals surface area contributed by atoms with E-state index >= 15 is 0 Å². The molecule has 0 radical (unpaired) electrons. The van der Waals surface area contributed by atoms with Gasteiger partial charge in [0.1, 0.15) is 11.6 Å². The highest BCUT2D eigenvalue weighted by molar-refractivity contribution is 5.60. The Hall–Kier alpha value is -1.53. The Bertz CT molecular complexity index is 454. The Labute approximate surface area is 119 Å². The second-order valence-electron chi connectivity index (χ2n) is 5.43. The van der Waals surface area contributed by atoms with E-state index in [1.807, 2.05) is 12.1 Å². The summed E-state index contributed by atoms with van der Waals surface area (Å²) in [5.74, 6) is 1.84. The number of aliphatic hydroxyl groups is 1. The van der Waals surface area contributed by atoms with Crippen molar-refractivity contribution in [1.29, 1.82) is 0 Å². The molecule has 1 aromatic rings. The largest absolute Gasteiger partial charge is 0.399 e. The van der Waals surface area contributed by atoms with E-state index in [2.05, 4.69) is 9.80 Å². The van der Waals surface area contributed by atoms with E-state index in [0.717, 1.165) is 69.6 Å². The fourth-order valence-electron chi connectivity index (χ4n) is 2.73. The van der Waals surface area contributed by atoms with Crippen LogP contribution in [-0.4, -0.2) is 55.6 Å². The number of nitrogens with two attached hydrogens (primary N) is 1. The maximum absolute atomic E-state index is 9.59. The first-order valence-corrected chi connectivity index (χ1v) is 7.25. The Morgan fingerprint density at radius 2 is 1.60 bits per heavy atom. The van der Waals surface area contributed by atoms with E-state index in [9.17, 15) is 5.11 Å². The second kappa shape index (κ2) is 5.85. The molecule has 0 bridgehead atoms. The van der Waals surface area contributed by atoms with Gasteiger partial charge in [0.2, 0.25) is 0 Å². The first kappa shape index (κ1) is 13.5. The van der Waals surface area contributed by atoms with Gasteiger partial charge in [-0.1, -0.05) is 0 Å². The minimum Gasteiger partial charge on any atom is -0.399 e. The standard InChI is InChI=1S/C14H22N4O2/c15-11-9-13(17-3-1-12(19)2-4-17)16-14(10-11)18-5-7-20-8-6-18/h9-10,12,19H,1-8H2,(H2,15,16). The number of nitrogen functional groups attached to an aromatic ring is 1. The average molecular weight is 278 g/mol. The fraction of sp³-hybridized carbons (Fsp3) is 0.643. The van der Waals surface area contributed by atoms with E-state index < -0.39 is 0 Å². The predicted octanol–water partition coefficient (Wildman–Crippen LogP) is 0.461. The molecule has 6 nitrogen and oxygen atoms in total. The Morgan fingerprint density at radius 3 is 2.20 bits per heavy atom. The van der Waals surface area contributed by atoms with Gasteiger partial charge in [-0.15, -0.1) is 0 Å². The van der Waals surface area contributed by atoms with Gasteiger partial charge in [0, 0.05) is 44.0 Å². The number of rotatable bonds is 2. The molecule has 0 atom stereocenters. The molecule has 2 aliphatic rings. The first-order chi connectivity index (χ1) is 9.72. The van der Waals surface area contributed by atoms with E-state index in [4.69, 9.17) is 15.5 Å². The Balaban J connectivity index is 1.79. The summed E-state index contributed by atoms with van der Waals surface area (Å²) in [6.07, 6.45) is 1.42. The van der Waals surface area contributed by atoms with Crippen LogP contribution >= 0.6 is 0 Å². The maximum Gasteiger partial charge on any atom is 0.133 e. The number of morpholine rings is 1. The van der Waals surface area contributed by atoms with Crippen molar-refractivity contribution < 1.29 is 9.84 Å². The molecule has 3 heterocycles. The molecule has 0 unspecified atom stereocenters. The zero-order chi connectivity index (χ0) is 13.9. The lowest BCUT2D eigenvalue weighted by Gasteiger charge is -2.32. The number of anilines is 3. The van der Waals surface area contributed by atoms with Crippen LogP contribution in [0.3, 0.4) is 0 Å². The van der Waals surface area contributed by atoms with Crippen molar-refractivity contribution in [2.75, 3.05) is 54.9 Å². The number of piperidine rings is 1. The van der Waals surface area contributed by atoms with Crippen molar-refractivity contribution in [2.24, 2.45) is 0 Å². The third kappa shape index (κ3) is 2.96. The first-order valence-electron chi connectivity index (χ1n) is 7.25. The molecule has 1 aromatic heterocycles. The molecular formula is C14H22N4O2. The summed E-state index contributed by atoms with van der Waals surface area (Å²) in [6, 6.07) is 3.84. The van der Waals surface area contributed by atoms with Gasteiger partial charge in [0.15, 0.2) is 0 Å². The summed E-state index contributed by atoms with van der Waals surface area (Å²) in [5, 5.41) is 9.59. The van der Waals surface area contributed by atoms with Crippen LogP contribution in [0.25, 0.3) is 0 Å². The summed E-state index contributed by atoms with van der Waals surface area (Å²) < 4.78 is 5.37. The van der Waals surface area contributed by atoms with Crippen molar-refractivity contribution in [2.45, 2.75) is 18.9 Å². The van der Waals surface area contributed by atoms with Gasteiger partial charge in [-0.25, -0.2) is 4.98 Å². The molecule has 20 heavy (non-hydrogen) atoms. The average Bonchev–Trinajstić information content (AvgIpc) is 2.48. The quantitative estimate of drug-likeness (QED) is 0.819. The van der Waals surface area contributed by atoms with Crippen LogP contribution in [0.1, 0.15) is 12.8 Å². The molecule has 3 rings (SSSR count). The molecule has 0 aliphatic carbocycles. The fourth-order valence-corrected chi connectivity index (χ4v) is 2.73. The minimum atomic E-state index is -0.175. The molecule has 2 saturated heterocycles. The lowest BCUT2D eigenvalue weighted by atomic mass is 10.1. The summed E-state index contributed by atoms with van der Waals surface area (Å²) in [4.78, 5) is 9.15. The molecule has 2 fully saturated rings. The van der Waals surface area contributed by atoms with Crippen LogP contribution in [-0.2, 0) is 4.74 Å². The highest BCUT2D eigenvalue weighted by atomic mass is 16.5. The third-order valence-electron chi connectivity index (χ3n) is 3.94. The highest BCUT2D eigenvalue weighted by Gasteiger charge is 2.20. The van der Waals surface area contributed by atoms with Crippen LogP contribution in [0.4, 0.5) is 17.3 Å². The predicted molar refractivity (Wildman–Crippen MR) is 79.1 cm³/mol. The maximum atomic E-state index is 9.59. The third-order valence-corrected chi connectivity index (χ3v) is 3.94. The van der Waals surface area contributed by atoms with Crippen LogP contribution < -0.4 is 15.5 Å². The zero-order valence-corrected chi connectivity index (χ0v) is 11.7. The van der Waals surface area contributed by atoms with Crippen molar-refractivity contribution >= 4 is 17.3 Å². The lowest BCUT2D eigenvalue weighted by molar-refractivity contribution is 0.122. The zero-order valence-electron chi connectivity index (χ0n) is 11.7. The second-order valence-corrected chi connectivity index (χ2v) is 5.43. The van der Waals surface area contributed by atoms with Gasteiger partial charge >= 0.3 is 0 Å². The molecule has 0 aromatic carbocycles. The summed E-state index contributed by atoms with van der Waals surface area (Å²) in [7, 11) is 0. The lowest BCUT2D eigenvalue weighted by Crippen LogP contribution is -2.38. The number of aromatic nitrogens is 1. The smallest absolute Gasteiger partial charge is 0.133 e. The number of aliphatic hydroxyl groups excluding tert-OH is 1. The van der Waals surface area contributed by atoms with E-state index in [-0.39, 0.29) is 6.10 Å².